The summed E-state index contributed by atoms with van der Waals surface area (Å²) in [5.74, 6) is 3.74. The Morgan fingerprint density at radius 1 is 0.645 bits per heavy atom. The molecular weight excluding hydrogens is 459 g/mol. The third kappa shape index (κ3) is 9.77. The molecular formula is C26H48Cl2N2Ti-2. The average molecular weight is 507 g/mol. The Balaban J connectivity index is 0.00000107. The van der Waals surface area contributed by atoms with E-state index < -0.39 is 17.0 Å². The summed E-state index contributed by atoms with van der Waals surface area (Å²) in [5, 5.41) is 10.8. The number of halogens is 2. The Morgan fingerprint density at radius 2 is 0.968 bits per heavy atom. The first-order valence-corrected chi connectivity index (χ1v) is 17.7. The molecule has 3 aliphatic carbocycles. The van der Waals surface area contributed by atoms with Crippen molar-refractivity contribution in [2.75, 3.05) is 0 Å². The van der Waals surface area contributed by atoms with Gasteiger partial charge in [0.05, 0.1) is 0 Å². The predicted molar refractivity (Wildman–Crippen MR) is 135 cm³/mol. The molecule has 4 unspecified atom stereocenters. The van der Waals surface area contributed by atoms with Gasteiger partial charge in [-0.05, 0) is 23.7 Å². The molecule has 0 aromatic carbocycles. The quantitative estimate of drug-likeness (QED) is 0.293. The molecule has 0 aliphatic heterocycles. The van der Waals surface area contributed by atoms with E-state index in [4.69, 9.17) is 29.2 Å². The zero-order chi connectivity index (χ0) is 22.6. The zero-order valence-electron chi connectivity index (χ0n) is 20.7. The molecule has 0 aromatic heterocycles. The van der Waals surface area contributed by atoms with Crippen molar-refractivity contribution in [1.82, 2.24) is 0 Å². The number of hydrogen-bond donors (Lipinski definition) is 0. The molecule has 0 heterocycles. The van der Waals surface area contributed by atoms with E-state index in [0.29, 0.717) is 24.2 Å². The van der Waals surface area contributed by atoms with Gasteiger partial charge in [0.25, 0.3) is 0 Å². The first-order chi connectivity index (χ1) is 15.0. The van der Waals surface area contributed by atoms with Crippen LogP contribution in [0.25, 0.3) is 10.6 Å². The van der Waals surface area contributed by atoms with Crippen LogP contribution in [-0.2, 0) is 17.0 Å². The van der Waals surface area contributed by atoms with E-state index in [0.717, 1.165) is 23.7 Å². The van der Waals surface area contributed by atoms with Gasteiger partial charge in [0.1, 0.15) is 0 Å². The van der Waals surface area contributed by atoms with Crippen molar-refractivity contribution in [1.29, 1.82) is 0 Å². The minimum atomic E-state index is -0.556. The van der Waals surface area contributed by atoms with Crippen LogP contribution in [0.4, 0.5) is 0 Å². The summed E-state index contributed by atoms with van der Waals surface area (Å²) in [7, 11) is 9.78. The van der Waals surface area contributed by atoms with Gasteiger partial charge in [-0.15, -0.1) is 12.1 Å². The van der Waals surface area contributed by atoms with Crippen LogP contribution < -0.4 is 0 Å². The fraction of sp³-hybridized carbons (Fsp3) is 1.00. The van der Waals surface area contributed by atoms with Crippen molar-refractivity contribution in [3.05, 3.63) is 10.6 Å². The Hall–Kier alpha value is 1.21. The fourth-order valence-electron chi connectivity index (χ4n) is 6.29. The van der Waals surface area contributed by atoms with Gasteiger partial charge in [-0.3, -0.25) is 0 Å². The summed E-state index contributed by atoms with van der Waals surface area (Å²) in [5.41, 5.74) is 0. The molecule has 3 aliphatic rings. The first kappa shape index (κ1) is 28.5. The number of rotatable bonds is 8. The molecule has 0 N–H and O–H groups in total. The van der Waals surface area contributed by atoms with Gasteiger partial charge >= 0.3 is 35.6 Å². The van der Waals surface area contributed by atoms with Crippen LogP contribution in [0, 0.1) is 23.7 Å². The van der Waals surface area contributed by atoms with Crippen LogP contribution in [0.5, 0.6) is 0 Å². The second-order valence-electron chi connectivity index (χ2n) is 10.7. The van der Waals surface area contributed by atoms with E-state index in [1.807, 2.05) is 0 Å². The Morgan fingerprint density at radius 3 is 1.26 bits per heavy atom. The number of hydrogen-bond acceptors (Lipinski definition) is 0. The molecule has 3 fully saturated rings. The van der Waals surface area contributed by atoms with Crippen molar-refractivity contribution in [3.8, 4) is 0 Å². The second kappa shape index (κ2) is 16.0. The molecule has 0 radical (unpaired) electrons. The van der Waals surface area contributed by atoms with Gasteiger partial charge in [0.15, 0.2) is 0 Å². The molecule has 0 aromatic rings. The van der Waals surface area contributed by atoms with Gasteiger partial charge in [0.2, 0.25) is 0 Å². The van der Waals surface area contributed by atoms with Gasteiger partial charge in [0, 0.05) is 0 Å². The van der Waals surface area contributed by atoms with Gasteiger partial charge in [-0.1, -0.05) is 118 Å². The van der Waals surface area contributed by atoms with Gasteiger partial charge in [-0.25, -0.2) is 0 Å². The van der Waals surface area contributed by atoms with E-state index in [2.05, 4.69) is 27.7 Å². The molecule has 0 bridgehead atoms. The van der Waals surface area contributed by atoms with Crippen LogP contribution in [0.3, 0.4) is 0 Å². The standard InChI is InChI=1S/C26H48N2.2ClH.Ti/c1-5-19(3)21-11-15-23(16-12-21)27-25-9-7-8-10-26(25)28-24-17-13-22(14-18-24)20(4)6-2;;;/h19-26H,5-18H2,1-4H3;2*1H;/q-2;;;+2/p-2. The summed E-state index contributed by atoms with van der Waals surface area (Å²) >= 11 is -0.556. The Labute approximate surface area is 210 Å². The molecule has 0 amide bonds. The molecule has 0 saturated heterocycles. The van der Waals surface area contributed by atoms with Crippen molar-refractivity contribution in [2.45, 2.75) is 142 Å². The maximum absolute atomic E-state index is 5.42. The minimum absolute atomic E-state index is 0.547. The Bertz CT molecular complexity index is 411. The van der Waals surface area contributed by atoms with Crippen molar-refractivity contribution in [3.63, 3.8) is 0 Å². The predicted octanol–water partition coefficient (Wildman–Crippen LogP) is 9.63. The van der Waals surface area contributed by atoms with E-state index >= 15 is 0 Å². The van der Waals surface area contributed by atoms with Crippen LogP contribution in [0.15, 0.2) is 0 Å². The van der Waals surface area contributed by atoms with E-state index in [9.17, 15) is 0 Å². The summed E-state index contributed by atoms with van der Waals surface area (Å²) in [6, 6.07) is 2.38. The fourth-order valence-corrected chi connectivity index (χ4v) is 6.29. The summed E-state index contributed by atoms with van der Waals surface area (Å²) in [6.45, 7) is 9.61. The van der Waals surface area contributed by atoms with Crippen molar-refractivity contribution >= 4 is 18.6 Å². The Kier molecular flexibility index (Phi) is 14.7. The molecule has 2 nitrogen and oxygen atoms in total. The molecule has 182 valence electrons. The third-order valence-corrected chi connectivity index (χ3v) is 8.88. The summed E-state index contributed by atoms with van der Waals surface area (Å²) in [6.07, 6.45) is 19.1. The van der Waals surface area contributed by atoms with Crippen LogP contribution in [-0.4, -0.2) is 24.2 Å². The summed E-state index contributed by atoms with van der Waals surface area (Å²) < 4.78 is 0. The molecule has 3 rings (SSSR count). The zero-order valence-corrected chi connectivity index (χ0v) is 23.7. The maximum atomic E-state index is 5.42. The van der Waals surface area contributed by atoms with Crippen molar-refractivity contribution in [2.24, 2.45) is 23.7 Å². The average Bonchev–Trinajstić information content (AvgIpc) is 2.81. The normalized spacial score (nSPS) is 36.1. The van der Waals surface area contributed by atoms with Crippen LogP contribution >= 0.6 is 18.6 Å². The molecule has 4 atom stereocenters. The summed E-state index contributed by atoms with van der Waals surface area (Å²) in [4.78, 5) is 0. The van der Waals surface area contributed by atoms with Crippen molar-refractivity contribution < 1.29 is 17.0 Å². The second-order valence-corrected chi connectivity index (χ2v) is 13.3. The van der Waals surface area contributed by atoms with E-state index in [-0.39, 0.29) is 0 Å². The monoisotopic (exact) mass is 506 g/mol. The topological polar surface area (TPSA) is 28.2 Å². The van der Waals surface area contributed by atoms with Gasteiger partial charge < -0.3 is 10.6 Å². The van der Waals surface area contributed by atoms with Crippen LogP contribution in [0.2, 0.25) is 0 Å². The van der Waals surface area contributed by atoms with E-state index in [1.54, 1.807) is 0 Å². The molecule has 31 heavy (non-hydrogen) atoms. The molecule has 0 spiro atoms. The third-order valence-electron chi connectivity index (χ3n) is 8.88. The van der Waals surface area contributed by atoms with E-state index in [1.165, 1.54) is 89.9 Å². The SMILES string of the molecule is CCC(C)C1CCC([N-]C2CCCCC2[N-]C2CCC(C(C)CC)CC2)CC1.[Cl][Ti][Cl]. The molecule has 5 heteroatoms. The van der Waals surface area contributed by atoms with Gasteiger partial charge in [-0.2, -0.15) is 12.1 Å². The molecule has 3 saturated carbocycles. The number of nitrogens with zero attached hydrogens (tertiary/aromatic N) is 2. The first-order valence-electron chi connectivity index (χ1n) is 13.4. The van der Waals surface area contributed by atoms with Crippen LogP contribution in [0.1, 0.15) is 118 Å².